The smallest absolute Gasteiger partial charge is 0 e. The average Bonchev–Trinajstić information content (AvgIpc) is 1.76. The number of nitrogens with zero attached hydrogens (tertiary/aromatic N) is 2. The van der Waals surface area contributed by atoms with Gasteiger partial charge in [0.05, 0.1) is 0 Å². The molecule has 53 valence electrons. The molecule has 1 heterocycles. The molecule has 0 N–H and O–H groups in total. The van der Waals surface area contributed by atoms with Crippen LogP contribution < -0.4 is 0 Å². The van der Waals surface area contributed by atoms with Crippen LogP contribution >= 0.6 is 0 Å². The van der Waals surface area contributed by atoms with Crippen LogP contribution in [-0.4, -0.2) is 6.67 Å². The zero-order chi connectivity index (χ0) is 3.54. The summed E-state index contributed by atoms with van der Waals surface area (Å²) in [5.41, 5.74) is 0. The Morgan fingerprint density at radius 1 is 1.00 bits per heavy atom. The third-order valence-corrected chi connectivity index (χ3v) is 0.441. The van der Waals surface area contributed by atoms with Crippen molar-refractivity contribution >= 4 is 0 Å². The van der Waals surface area contributed by atoms with Gasteiger partial charge in [0.15, 0.2) is 0 Å². The minimum absolute atomic E-state index is 0. The van der Waals surface area contributed by atoms with Crippen LogP contribution in [0.25, 0.3) is 10.6 Å². The van der Waals surface area contributed by atoms with Crippen molar-refractivity contribution in [1.29, 1.82) is 0 Å². The number of rotatable bonds is 0. The van der Waals surface area contributed by atoms with Crippen molar-refractivity contribution < 1.29 is 16.8 Å². The first kappa shape index (κ1) is 15.7. The van der Waals surface area contributed by atoms with Crippen molar-refractivity contribution in [3.05, 3.63) is 37.9 Å². The fourth-order valence-corrected chi connectivity index (χ4v) is 0.236. The Balaban J connectivity index is -0.0000000833. The van der Waals surface area contributed by atoms with Crippen LogP contribution in [0, 0.1) is 14.9 Å². The predicted molar refractivity (Wildman–Crippen MR) is 33.6 cm³/mol. The molecular weight excluding hydrogens is 147 g/mol. The van der Waals surface area contributed by atoms with Gasteiger partial charge in [-0.15, -0.1) is 0 Å². The van der Waals surface area contributed by atoms with Crippen molar-refractivity contribution in [2.24, 2.45) is 0 Å². The van der Waals surface area contributed by atoms with Crippen LogP contribution in [0.3, 0.4) is 0 Å². The molecule has 0 aromatic carbocycles. The molecular formula is C5H10CoN2-4. The molecule has 0 saturated carbocycles. The molecule has 8 heavy (non-hydrogen) atoms. The van der Waals surface area contributed by atoms with Crippen LogP contribution in [0.4, 0.5) is 0 Å². The van der Waals surface area contributed by atoms with E-state index in [1.807, 2.05) is 0 Å². The maximum absolute atomic E-state index is 3.74. The van der Waals surface area contributed by atoms with E-state index in [9.17, 15) is 0 Å². The summed E-state index contributed by atoms with van der Waals surface area (Å²) in [5, 5.41) is 7.47. The van der Waals surface area contributed by atoms with Crippen molar-refractivity contribution in [2.75, 3.05) is 6.67 Å². The molecule has 1 rings (SSSR count). The molecule has 1 radical (unpaired) electrons. The van der Waals surface area contributed by atoms with Crippen molar-refractivity contribution in [3.63, 3.8) is 0 Å². The van der Waals surface area contributed by atoms with Crippen molar-refractivity contribution in [1.82, 2.24) is 0 Å². The largest absolute Gasteiger partial charge is 0.707 e. The molecule has 0 aromatic heterocycles. The van der Waals surface area contributed by atoms with E-state index in [2.05, 4.69) is 10.6 Å². The van der Waals surface area contributed by atoms with Gasteiger partial charge in [-0.3, -0.25) is 0 Å². The Hall–Kier alpha value is -0.154. The van der Waals surface area contributed by atoms with Gasteiger partial charge in [-0.05, 0) is 0 Å². The van der Waals surface area contributed by atoms with Gasteiger partial charge < -0.3 is 25.5 Å². The van der Waals surface area contributed by atoms with E-state index >= 15 is 0 Å². The molecule has 0 saturated heterocycles. The van der Waals surface area contributed by atoms with Crippen LogP contribution in [0.15, 0.2) is 12.4 Å². The normalized spacial score (nSPS) is 11.0. The first-order valence-electron chi connectivity index (χ1n) is 1.48. The molecule has 1 aliphatic heterocycles. The molecule has 0 spiro atoms. The fourth-order valence-electron chi connectivity index (χ4n) is 0.236. The van der Waals surface area contributed by atoms with Gasteiger partial charge in [-0.1, -0.05) is 0 Å². The van der Waals surface area contributed by atoms with E-state index in [1.54, 1.807) is 12.4 Å². The molecule has 0 unspecified atom stereocenters. The molecule has 0 aromatic rings. The summed E-state index contributed by atoms with van der Waals surface area (Å²) in [5.74, 6) is 0. The van der Waals surface area contributed by atoms with Crippen LogP contribution in [0.1, 0.15) is 0 Å². The Bertz CT molecular complexity index is 48.4. The standard InChI is InChI=1S/C3H4N2.2CH3.Co/c1-2-5-3-4-1;;;/h1-2H,3H2;2*1H3;/q-2;2*-1;. The third-order valence-electron chi connectivity index (χ3n) is 0.441. The average molecular weight is 157 g/mol. The molecule has 0 bridgehead atoms. The van der Waals surface area contributed by atoms with E-state index in [1.165, 1.54) is 0 Å². The second-order valence-electron chi connectivity index (χ2n) is 0.805. The third kappa shape index (κ3) is 5.85. The summed E-state index contributed by atoms with van der Waals surface area (Å²) >= 11 is 0. The quantitative estimate of drug-likeness (QED) is 0.481. The van der Waals surface area contributed by atoms with E-state index in [-0.39, 0.29) is 31.6 Å². The Kier molecular flexibility index (Phi) is 19.5. The maximum atomic E-state index is 3.74. The van der Waals surface area contributed by atoms with E-state index in [0.717, 1.165) is 0 Å². The molecule has 2 nitrogen and oxygen atoms in total. The van der Waals surface area contributed by atoms with E-state index in [4.69, 9.17) is 0 Å². The first-order valence-corrected chi connectivity index (χ1v) is 1.48. The minimum Gasteiger partial charge on any atom is -0.707 e. The van der Waals surface area contributed by atoms with Crippen molar-refractivity contribution in [3.8, 4) is 0 Å². The summed E-state index contributed by atoms with van der Waals surface area (Å²) in [7, 11) is 0. The first-order chi connectivity index (χ1) is 2.50. The molecule has 1 aliphatic rings. The Labute approximate surface area is 61.9 Å². The summed E-state index contributed by atoms with van der Waals surface area (Å²) < 4.78 is 0. The number of hydrogen-bond donors (Lipinski definition) is 0. The topological polar surface area (TPSA) is 28.2 Å². The van der Waals surface area contributed by atoms with Crippen LogP contribution in [0.5, 0.6) is 0 Å². The van der Waals surface area contributed by atoms with Gasteiger partial charge in [-0.25, -0.2) is 19.1 Å². The molecule has 0 atom stereocenters. The predicted octanol–water partition coefficient (Wildman–Crippen LogP) is 2.07. The van der Waals surface area contributed by atoms with Crippen molar-refractivity contribution in [2.45, 2.75) is 0 Å². The fraction of sp³-hybridized carbons (Fsp3) is 0.200. The van der Waals surface area contributed by atoms with Crippen LogP contribution in [-0.2, 0) is 16.8 Å². The zero-order valence-corrected chi connectivity index (χ0v) is 6.13. The minimum atomic E-state index is 0. The molecule has 0 fully saturated rings. The zero-order valence-electron chi connectivity index (χ0n) is 5.09. The van der Waals surface area contributed by atoms with Gasteiger partial charge in [-0.2, -0.15) is 0 Å². The summed E-state index contributed by atoms with van der Waals surface area (Å²) in [6.45, 7) is 0.639. The van der Waals surface area contributed by atoms with Crippen LogP contribution in [0.2, 0.25) is 0 Å². The van der Waals surface area contributed by atoms with Gasteiger partial charge in [0.2, 0.25) is 0 Å². The molecule has 0 amide bonds. The second kappa shape index (κ2) is 9.96. The summed E-state index contributed by atoms with van der Waals surface area (Å²) in [4.78, 5) is 0. The second-order valence-corrected chi connectivity index (χ2v) is 0.805. The maximum Gasteiger partial charge on any atom is 0 e. The number of hydrogen-bond acceptors (Lipinski definition) is 0. The van der Waals surface area contributed by atoms with Gasteiger partial charge in [0, 0.05) is 16.8 Å². The van der Waals surface area contributed by atoms with Gasteiger partial charge in [0.1, 0.15) is 0 Å². The van der Waals surface area contributed by atoms with E-state index < -0.39 is 0 Å². The van der Waals surface area contributed by atoms with Gasteiger partial charge >= 0.3 is 0 Å². The Morgan fingerprint density at radius 2 is 1.38 bits per heavy atom. The molecule has 3 heteroatoms. The SMILES string of the molecule is C1=C[N-]C[N-]1.[CH3-].[CH3-].[Co]. The van der Waals surface area contributed by atoms with Gasteiger partial charge in [0.25, 0.3) is 0 Å². The van der Waals surface area contributed by atoms with E-state index in [0.29, 0.717) is 6.67 Å². The summed E-state index contributed by atoms with van der Waals surface area (Å²) in [6.07, 6.45) is 3.39. The Morgan fingerprint density at radius 3 is 1.50 bits per heavy atom. The monoisotopic (exact) mass is 157 g/mol. The molecule has 0 aliphatic carbocycles. The summed E-state index contributed by atoms with van der Waals surface area (Å²) in [6, 6.07) is 0.